The molecule has 154 valence electrons. The monoisotopic (exact) mass is 499 g/mol. The van der Waals surface area contributed by atoms with Gasteiger partial charge in [-0.2, -0.15) is 0 Å². The molecule has 28 heavy (non-hydrogen) atoms. The van der Waals surface area contributed by atoms with Crippen LogP contribution in [0.4, 0.5) is 0 Å². The largest absolute Gasteiger partial charge is 0.508 e. The minimum absolute atomic E-state index is 0. The Morgan fingerprint density at radius 1 is 1.14 bits per heavy atom. The molecule has 0 saturated heterocycles. The van der Waals surface area contributed by atoms with Gasteiger partial charge in [0.1, 0.15) is 23.9 Å². The molecule has 0 atom stereocenters. The molecule has 0 amide bonds. The summed E-state index contributed by atoms with van der Waals surface area (Å²) in [5.74, 6) is 2.57. The van der Waals surface area contributed by atoms with Crippen LogP contribution in [0, 0.1) is 0 Å². The van der Waals surface area contributed by atoms with Crippen LogP contribution >= 0.6 is 24.0 Å². The third-order valence-corrected chi connectivity index (χ3v) is 4.07. The third kappa shape index (κ3) is 7.84. The van der Waals surface area contributed by atoms with E-state index >= 15 is 0 Å². The Morgan fingerprint density at radius 3 is 2.54 bits per heavy atom. The van der Waals surface area contributed by atoms with Crippen molar-refractivity contribution in [2.45, 2.75) is 13.3 Å². The number of hydrogen-bond acceptors (Lipinski definition) is 4. The number of phenolic OH excluding ortho intramolecular Hbond substituents is 1. The number of phenols is 1. The van der Waals surface area contributed by atoms with E-state index in [9.17, 15) is 5.11 Å². The van der Waals surface area contributed by atoms with E-state index in [1.807, 2.05) is 61.3 Å². The molecule has 0 spiro atoms. The van der Waals surface area contributed by atoms with Crippen molar-refractivity contribution < 1.29 is 14.6 Å². The molecule has 0 aliphatic heterocycles. The van der Waals surface area contributed by atoms with Crippen LogP contribution in [0.3, 0.4) is 0 Å². The Kier molecular flexibility index (Phi) is 11.2. The molecule has 0 heterocycles. The molecule has 0 bridgehead atoms. The van der Waals surface area contributed by atoms with Crippen molar-refractivity contribution in [2.24, 2.45) is 4.99 Å². The van der Waals surface area contributed by atoms with E-state index in [4.69, 9.17) is 9.47 Å². The van der Waals surface area contributed by atoms with Crippen LogP contribution in [0.2, 0.25) is 0 Å². The number of nitrogens with one attached hydrogen (secondary N) is 1. The molecule has 0 aromatic heterocycles. The molecule has 0 fully saturated rings. The van der Waals surface area contributed by atoms with E-state index in [1.54, 1.807) is 13.2 Å². The summed E-state index contributed by atoms with van der Waals surface area (Å²) >= 11 is 0. The maximum Gasteiger partial charge on any atom is 0.193 e. The van der Waals surface area contributed by atoms with Gasteiger partial charge in [0.25, 0.3) is 0 Å². The molecule has 7 heteroatoms. The van der Waals surface area contributed by atoms with Crippen LogP contribution in [0.15, 0.2) is 53.5 Å². The Bertz CT molecular complexity index is 726. The first-order chi connectivity index (χ1) is 13.1. The quantitative estimate of drug-likeness (QED) is 0.314. The number of nitrogens with zero attached hydrogens (tertiary/aromatic N) is 2. The first-order valence-corrected chi connectivity index (χ1v) is 9.17. The second kappa shape index (κ2) is 13.1. The van der Waals surface area contributed by atoms with Crippen molar-refractivity contribution in [3.05, 3.63) is 54.1 Å². The average Bonchev–Trinajstić information content (AvgIpc) is 2.69. The zero-order valence-corrected chi connectivity index (χ0v) is 19.1. The van der Waals surface area contributed by atoms with Crippen LogP contribution in [0.1, 0.15) is 12.5 Å². The zero-order valence-electron chi connectivity index (χ0n) is 16.7. The standard InChI is InChI=1S/C21H29N3O3.HI/c1-4-22-21(24(2)14-15-27-18-8-6-5-7-9-18)23-13-12-17-10-11-19(26-3)16-20(17)25;/h5-11,16,25H,4,12-15H2,1-3H3,(H,22,23);1H. The lowest BCUT2D eigenvalue weighted by atomic mass is 10.1. The average molecular weight is 499 g/mol. The second-order valence-electron chi connectivity index (χ2n) is 6.06. The van der Waals surface area contributed by atoms with E-state index < -0.39 is 0 Å². The van der Waals surface area contributed by atoms with E-state index in [2.05, 4.69) is 10.3 Å². The van der Waals surface area contributed by atoms with Gasteiger partial charge in [-0.15, -0.1) is 24.0 Å². The molecule has 2 aromatic rings. The highest BCUT2D eigenvalue weighted by molar-refractivity contribution is 14.0. The fraction of sp³-hybridized carbons (Fsp3) is 0.381. The summed E-state index contributed by atoms with van der Waals surface area (Å²) in [6.45, 7) is 4.69. The highest BCUT2D eigenvalue weighted by atomic mass is 127. The zero-order chi connectivity index (χ0) is 19.5. The first-order valence-electron chi connectivity index (χ1n) is 9.17. The van der Waals surface area contributed by atoms with Gasteiger partial charge in [-0.3, -0.25) is 4.99 Å². The summed E-state index contributed by atoms with van der Waals surface area (Å²) in [5.41, 5.74) is 0.852. The van der Waals surface area contributed by atoms with Crippen molar-refractivity contribution in [2.75, 3.05) is 40.4 Å². The Balaban J connectivity index is 0.00000392. The van der Waals surface area contributed by atoms with Crippen LogP contribution < -0.4 is 14.8 Å². The van der Waals surface area contributed by atoms with Gasteiger partial charge in [-0.05, 0) is 37.1 Å². The lowest BCUT2D eigenvalue weighted by Gasteiger charge is -2.22. The minimum Gasteiger partial charge on any atom is -0.508 e. The number of hydrogen-bond donors (Lipinski definition) is 2. The summed E-state index contributed by atoms with van der Waals surface area (Å²) in [4.78, 5) is 6.69. The van der Waals surface area contributed by atoms with Crippen LogP contribution in [0.5, 0.6) is 17.2 Å². The predicted molar refractivity (Wildman–Crippen MR) is 124 cm³/mol. The molecule has 0 saturated carbocycles. The number of likely N-dealkylation sites (N-methyl/N-ethyl adjacent to an activating group) is 1. The lowest BCUT2D eigenvalue weighted by Crippen LogP contribution is -2.41. The van der Waals surface area contributed by atoms with Gasteiger partial charge in [0.2, 0.25) is 0 Å². The Morgan fingerprint density at radius 2 is 1.89 bits per heavy atom. The number of guanidine groups is 1. The van der Waals surface area contributed by atoms with E-state index in [1.165, 1.54) is 0 Å². The summed E-state index contributed by atoms with van der Waals surface area (Å²) in [6, 6.07) is 15.1. The second-order valence-corrected chi connectivity index (χ2v) is 6.06. The fourth-order valence-corrected chi connectivity index (χ4v) is 2.56. The van der Waals surface area contributed by atoms with Gasteiger partial charge in [0.15, 0.2) is 5.96 Å². The number of ether oxygens (including phenoxy) is 2. The first kappa shape index (κ1) is 23.9. The van der Waals surface area contributed by atoms with Gasteiger partial charge >= 0.3 is 0 Å². The van der Waals surface area contributed by atoms with Gasteiger partial charge in [-0.25, -0.2) is 0 Å². The highest BCUT2D eigenvalue weighted by Crippen LogP contribution is 2.23. The van der Waals surface area contributed by atoms with Crippen molar-refractivity contribution in [1.29, 1.82) is 0 Å². The molecule has 2 aromatic carbocycles. The minimum atomic E-state index is 0. The maximum absolute atomic E-state index is 10.1. The van der Waals surface area contributed by atoms with Crippen LogP contribution in [0.25, 0.3) is 0 Å². The van der Waals surface area contributed by atoms with Crippen molar-refractivity contribution >= 4 is 29.9 Å². The van der Waals surface area contributed by atoms with Gasteiger partial charge in [-0.1, -0.05) is 24.3 Å². The maximum atomic E-state index is 10.1. The number of aromatic hydroxyl groups is 1. The number of rotatable bonds is 9. The fourth-order valence-electron chi connectivity index (χ4n) is 2.56. The topological polar surface area (TPSA) is 66.3 Å². The summed E-state index contributed by atoms with van der Waals surface area (Å²) in [6.07, 6.45) is 0.652. The number of halogens is 1. The molecule has 0 unspecified atom stereocenters. The highest BCUT2D eigenvalue weighted by Gasteiger charge is 2.07. The third-order valence-electron chi connectivity index (χ3n) is 4.07. The Hall–Kier alpha value is -2.16. The predicted octanol–water partition coefficient (Wildman–Crippen LogP) is 3.54. The van der Waals surface area contributed by atoms with Crippen molar-refractivity contribution in [1.82, 2.24) is 10.2 Å². The molecule has 2 rings (SSSR count). The molecule has 6 nitrogen and oxygen atoms in total. The van der Waals surface area contributed by atoms with E-state index in [0.29, 0.717) is 31.9 Å². The smallest absolute Gasteiger partial charge is 0.193 e. The van der Waals surface area contributed by atoms with E-state index in [0.717, 1.165) is 23.8 Å². The number of para-hydroxylation sites is 1. The summed E-state index contributed by atoms with van der Waals surface area (Å²) in [7, 11) is 3.57. The van der Waals surface area contributed by atoms with Gasteiger partial charge < -0.3 is 24.8 Å². The molecular formula is C21H30IN3O3. The normalized spacial score (nSPS) is 10.8. The number of benzene rings is 2. The molecule has 0 aliphatic carbocycles. The molecule has 2 N–H and O–H groups in total. The van der Waals surface area contributed by atoms with Crippen LogP contribution in [-0.2, 0) is 6.42 Å². The molecule has 0 radical (unpaired) electrons. The summed E-state index contributed by atoms with van der Waals surface area (Å²) in [5, 5.41) is 13.3. The lowest BCUT2D eigenvalue weighted by molar-refractivity contribution is 0.281. The molecular weight excluding hydrogens is 469 g/mol. The van der Waals surface area contributed by atoms with Crippen molar-refractivity contribution in [3.63, 3.8) is 0 Å². The Labute approximate surface area is 184 Å². The van der Waals surface area contributed by atoms with Crippen LogP contribution in [-0.4, -0.2) is 56.4 Å². The van der Waals surface area contributed by atoms with E-state index in [-0.39, 0.29) is 29.7 Å². The number of methoxy groups -OCH3 is 1. The van der Waals surface area contributed by atoms with Gasteiger partial charge in [0, 0.05) is 26.2 Å². The molecule has 0 aliphatic rings. The SMILES string of the molecule is CCNC(=NCCc1ccc(OC)cc1O)N(C)CCOc1ccccc1.I. The summed E-state index contributed by atoms with van der Waals surface area (Å²) < 4.78 is 10.9. The van der Waals surface area contributed by atoms with Crippen molar-refractivity contribution in [3.8, 4) is 17.2 Å². The van der Waals surface area contributed by atoms with Gasteiger partial charge in [0.05, 0.1) is 13.7 Å². The number of aliphatic imine (C=N–C) groups is 1.